The predicted octanol–water partition coefficient (Wildman–Crippen LogP) is 2.72. The summed E-state index contributed by atoms with van der Waals surface area (Å²) in [4.78, 5) is 20.0. The summed E-state index contributed by atoms with van der Waals surface area (Å²) in [6.45, 7) is 0.703. The van der Waals surface area contributed by atoms with Crippen LogP contribution in [0.15, 0.2) is 36.8 Å². The maximum Gasteiger partial charge on any atom is 0.289 e. The Morgan fingerprint density at radius 1 is 1.40 bits per heavy atom. The van der Waals surface area contributed by atoms with E-state index in [1.165, 1.54) is 12.3 Å². The van der Waals surface area contributed by atoms with Crippen molar-refractivity contribution in [3.05, 3.63) is 57.5 Å². The Balaban J connectivity index is 2.06. The molecule has 0 aliphatic carbocycles. The van der Waals surface area contributed by atoms with E-state index in [0.29, 0.717) is 12.4 Å². The third-order valence-electron chi connectivity index (χ3n) is 2.86. The maximum absolute atomic E-state index is 10.6. The second-order valence-corrected chi connectivity index (χ2v) is 4.69. The number of likely N-dealkylation sites (N-methyl/N-ethyl adjacent to an activating group) is 1. The first-order chi connectivity index (χ1) is 9.58. The Morgan fingerprint density at radius 2 is 2.10 bits per heavy atom. The Kier molecular flexibility index (Phi) is 4.47. The average molecular weight is 293 g/mol. The van der Waals surface area contributed by atoms with Crippen molar-refractivity contribution >= 4 is 23.1 Å². The van der Waals surface area contributed by atoms with Crippen molar-refractivity contribution in [3.8, 4) is 0 Å². The summed E-state index contributed by atoms with van der Waals surface area (Å²) in [6.07, 6.45) is 5.51. The van der Waals surface area contributed by atoms with Gasteiger partial charge in [0.15, 0.2) is 0 Å². The minimum absolute atomic E-state index is 0.110. The van der Waals surface area contributed by atoms with Gasteiger partial charge in [0, 0.05) is 32.1 Å². The fourth-order valence-electron chi connectivity index (χ4n) is 1.75. The molecule has 0 radical (unpaired) electrons. The van der Waals surface area contributed by atoms with E-state index in [0.717, 1.165) is 12.0 Å². The largest absolute Gasteiger partial charge is 0.358 e. The number of aromatic nitrogens is 2. The van der Waals surface area contributed by atoms with Gasteiger partial charge < -0.3 is 4.90 Å². The number of hydrogen-bond acceptors (Lipinski definition) is 5. The second-order valence-electron chi connectivity index (χ2n) is 4.28. The zero-order valence-electron chi connectivity index (χ0n) is 10.9. The van der Waals surface area contributed by atoms with Crippen LogP contribution in [0.3, 0.4) is 0 Å². The Bertz CT molecular complexity index is 607. The van der Waals surface area contributed by atoms with Gasteiger partial charge in [0.2, 0.25) is 0 Å². The number of hydrogen-bond donors (Lipinski definition) is 0. The summed E-state index contributed by atoms with van der Waals surface area (Å²) in [6, 6.07) is 5.20. The maximum atomic E-state index is 10.6. The van der Waals surface area contributed by atoms with Gasteiger partial charge in [0.25, 0.3) is 5.69 Å². The number of nitro groups is 1. The zero-order chi connectivity index (χ0) is 14.5. The summed E-state index contributed by atoms with van der Waals surface area (Å²) >= 11 is 6.03. The van der Waals surface area contributed by atoms with Gasteiger partial charge in [0.1, 0.15) is 12.0 Å². The highest BCUT2D eigenvalue weighted by Gasteiger charge is 2.13. The molecule has 0 atom stereocenters. The lowest BCUT2D eigenvalue weighted by molar-refractivity contribution is -0.385. The van der Waals surface area contributed by atoms with E-state index in [1.54, 1.807) is 12.4 Å². The van der Waals surface area contributed by atoms with Gasteiger partial charge in [-0.1, -0.05) is 11.6 Å². The van der Waals surface area contributed by atoms with E-state index in [-0.39, 0.29) is 10.7 Å². The summed E-state index contributed by atoms with van der Waals surface area (Å²) in [7, 11) is 1.85. The molecule has 104 valence electrons. The lowest BCUT2D eigenvalue weighted by Gasteiger charge is -2.18. The molecule has 0 amide bonds. The SMILES string of the molecule is CN(CCc1ccncc1)c1ncc([N+](=O)[O-])cc1Cl. The van der Waals surface area contributed by atoms with Crippen molar-refractivity contribution in [2.24, 2.45) is 0 Å². The lowest BCUT2D eigenvalue weighted by Crippen LogP contribution is -2.21. The standard InChI is InChI=1S/C13H13ClN4O2/c1-17(7-4-10-2-5-15-6-3-10)13-12(14)8-11(9-16-13)18(19)20/h2-3,5-6,8-9H,4,7H2,1H3. The molecule has 0 fully saturated rings. The monoisotopic (exact) mass is 292 g/mol. The van der Waals surface area contributed by atoms with Crippen LogP contribution in [0.1, 0.15) is 5.56 Å². The topological polar surface area (TPSA) is 72.2 Å². The number of anilines is 1. The van der Waals surface area contributed by atoms with Crippen LogP contribution in [0.5, 0.6) is 0 Å². The van der Waals surface area contributed by atoms with E-state index in [9.17, 15) is 10.1 Å². The van der Waals surface area contributed by atoms with Crippen molar-refractivity contribution in [3.63, 3.8) is 0 Å². The minimum Gasteiger partial charge on any atom is -0.358 e. The molecule has 0 aliphatic rings. The molecule has 2 aromatic heterocycles. The van der Waals surface area contributed by atoms with Gasteiger partial charge in [-0.3, -0.25) is 15.1 Å². The Hall–Kier alpha value is -2.21. The summed E-state index contributed by atoms with van der Waals surface area (Å²) in [5.41, 5.74) is 1.05. The first-order valence-electron chi connectivity index (χ1n) is 5.98. The molecular formula is C13H13ClN4O2. The zero-order valence-corrected chi connectivity index (χ0v) is 11.6. The van der Waals surface area contributed by atoms with Crippen molar-refractivity contribution in [2.45, 2.75) is 6.42 Å². The molecule has 7 heteroatoms. The highest BCUT2D eigenvalue weighted by molar-refractivity contribution is 6.33. The molecule has 6 nitrogen and oxygen atoms in total. The van der Waals surface area contributed by atoms with Crippen LogP contribution in [-0.2, 0) is 6.42 Å². The molecular weight excluding hydrogens is 280 g/mol. The third-order valence-corrected chi connectivity index (χ3v) is 3.14. The molecule has 2 aromatic rings. The molecule has 0 spiro atoms. The van der Waals surface area contributed by atoms with Crippen molar-refractivity contribution in [1.29, 1.82) is 0 Å². The van der Waals surface area contributed by atoms with Gasteiger partial charge >= 0.3 is 0 Å². The number of halogens is 1. The van der Waals surface area contributed by atoms with Crippen LogP contribution in [0.2, 0.25) is 5.02 Å². The number of pyridine rings is 2. The van der Waals surface area contributed by atoms with E-state index < -0.39 is 4.92 Å². The molecule has 0 unspecified atom stereocenters. The van der Waals surface area contributed by atoms with E-state index >= 15 is 0 Å². The first-order valence-corrected chi connectivity index (χ1v) is 6.35. The molecule has 0 aliphatic heterocycles. The molecule has 0 saturated heterocycles. The van der Waals surface area contributed by atoms with Crippen molar-refractivity contribution < 1.29 is 4.92 Å². The van der Waals surface area contributed by atoms with Gasteiger partial charge in [-0.2, -0.15) is 0 Å². The quantitative estimate of drug-likeness (QED) is 0.626. The second kappa shape index (κ2) is 6.29. The fraction of sp³-hybridized carbons (Fsp3) is 0.231. The predicted molar refractivity (Wildman–Crippen MR) is 77.1 cm³/mol. The van der Waals surface area contributed by atoms with Crippen LogP contribution in [0.25, 0.3) is 0 Å². The van der Waals surface area contributed by atoms with Crippen LogP contribution < -0.4 is 4.90 Å². The highest BCUT2D eigenvalue weighted by atomic mass is 35.5. The Labute approximate surface area is 121 Å². The number of nitrogens with zero attached hydrogens (tertiary/aromatic N) is 4. The molecule has 0 saturated carbocycles. The van der Waals surface area contributed by atoms with E-state index in [2.05, 4.69) is 9.97 Å². The van der Waals surface area contributed by atoms with Crippen molar-refractivity contribution in [2.75, 3.05) is 18.5 Å². The van der Waals surface area contributed by atoms with Gasteiger partial charge in [-0.05, 0) is 24.1 Å². The molecule has 0 aromatic carbocycles. The van der Waals surface area contributed by atoms with E-state index in [4.69, 9.17) is 11.6 Å². The first kappa shape index (κ1) is 14.2. The van der Waals surface area contributed by atoms with Crippen LogP contribution in [0, 0.1) is 10.1 Å². The smallest absolute Gasteiger partial charge is 0.289 e. The molecule has 2 heterocycles. The fourth-order valence-corrected chi connectivity index (χ4v) is 2.06. The third kappa shape index (κ3) is 3.42. The van der Waals surface area contributed by atoms with Gasteiger partial charge in [0.05, 0.1) is 9.95 Å². The minimum atomic E-state index is -0.514. The average Bonchev–Trinajstić information content (AvgIpc) is 2.45. The summed E-state index contributed by atoms with van der Waals surface area (Å²) in [5.74, 6) is 0.534. The van der Waals surface area contributed by atoms with Crippen LogP contribution >= 0.6 is 11.6 Å². The summed E-state index contributed by atoms with van der Waals surface area (Å²) in [5, 5.41) is 10.9. The normalized spacial score (nSPS) is 10.3. The van der Waals surface area contributed by atoms with Gasteiger partial charge in [-0.25, -0.2) is 4.98 Å². The lowest BCUT2D eigenvalue weighted by atomic mass is 10.2. The molecule has 0 N–H and O–H groups in total. The van der Waals surface area contributed by atoms with Crippen molar-refractivity contribution in [1.82, 2.24) is 9.97 Å². The molecule has 20 heavy (non-hydrogen) atoms. The highest BCUT2D eigenvalue weighted by Crippen LogP contribution is 2.26. The van der Waals surface area contributed by atoms with E-state index in [1.807, 2.05) is 24.1 Å². The van der Waals surface area contributed by atoms with Crippen LogP contribution in [-0.4, -0.2) is 28.5 Å². The molecule has 2 rings (SSSR count). The Morgan fingerprint density at radius 3 is 2.70 bits per heavy atom. The summed E-state index contributed by atoms with van der Waals surface area (Å²) < 4.78 is 0. The van der Waals surface area contributed by atoms with Crippen LogP contribution in [0.4, 0.5) is 11.5 Å². The molecule has 0 bridgehead atoms. The number of rotatable bonds is 5. The van der Waals surface area contributed by atoms with Gasteiger partial charge in [-0.15, -0.1) is 0 Å².